The predicted octanol–water partition coefficient (Wildman–Crippen LogP) is 4.45. The first kappa shape index (κ1) is 24.7. The van der Waals surface area contributed by atoms with Gasteiger partial charge in [0.05, 0.1) is 31.5 Å². The van der Waals surface area contributed by atoms with E-state index in [1.807, 2.05) is 39.0 Å². The molecular formula is C23H30BrN3O4. The van der Waals surface area contributed by atoms with E-state index in [1.54, 1.807) is 37.1 Å². The van der Waals surface area contributed by atoms with Gasteiger partial charge in [-0.15, -0.1) is 0 Å². The standard InChI is InChI=1S/C23H30BrN3O4/c1-6-30-20-11-9-17(13-21(20)31-7-2)25-22(28)14-27(5)16(4)23(29)26-19-10-8-15(3)12-18(19)24/h8-13,16H,6-7,14H2,1-5H3,(H,25,28)(H,26,29). The molecule has 2 amide bonds. The topological polar surface area (TPSA) is 79.9 Å². The molecule has 0 aliphatic carbocycles. The minimum Gasteiger partial charge on any atom is -0.490 e. The van der Waals surface area contributed by atoms with Crippen LogP contribution in [0.25, 0.3) is 0 Å². The summed E-state index contributed by atoms with van der Waals surface area (Å²) in [5, 5.41) is 5.74. The van der Waals surface area contributed by atoms with Gasteiger partial charge in [-0.1, -0.05) is 6.07 Å². The van der Waals surface area contributed by atoms with Gasteiger partial charge in [-0.05, 0) is 80.5 Å². The molecule has 2 aromatic carbocycles. The first-order chi connectivity index (χ1) is 14.7. The van der Waals surface area contributed by atoms with Crippen molar-refractivity contribution in [2.24, 2.45) is 0 Å². The molecule has 0 bridgehead atoms. The van der Waals surface area contributed by atoms with E-state index < -0.39 is 6.04 Å². The molecule has 0 saturated heterocycles. The van der Waals surface area contributed by atoms with E-state index >= 15 is 0 Å². The zero-order valence-corrected chi connectivity index (χ0v) is 20.2. The Morgan fingerprint density at radius 2 is 1.71 bits per heavy atom. The SMILES string of the molecule is CCOc1ccc(NC(=O)CN(C)C(C)C(=O)Nc2ccc(C)cc2Br)cc1OCC. The van der Waals surface area contributed by atoms with Crippen LogP contribution in [0.5, 0.6) is 11.5 Å². The number of amides is 2. The summed E-state index contributed by atoms with van der Waals surface area (Å²) in [5.74, 6) is 0.781. The Morgan fingerprint density at radius 3 is 2.35 bits per heavy atom. The molecule has 0 saturated carbocycles. The molecule has 2 rings (SSSR count). The summed E-state index contributed by atoms with van der Waals surface area (Å²) in [6.07, 6.45) is 0. The quantitative estimate of drug-likeness (QED) is 0.512. The number of carbonyl (C=O) groups excluding carboxylic acids is 2. The van der Waals surface area contributed by atoms with Gasteiger partial charge in [0.25, 0.3) is 0 Å². The number of nitrogens with zero attached hydrogens (tertiary/aromatic N) is 1. The van der Waals surface area contributed by atoms with Crippen molar-refractivity contribution in [3.63, 3.8) is 0 Å². The highest BCUT2D eigenvalue weighted by Crippen LogP contribution is 2.30. The van der Waals surface area contributed by atoms with Crippen LogP contribution in [0.1, 0.15) is 26.3 Å². The molecule has 1 atom stereocenters. The highest BCUT2D eigenvalue weighted by atomic mass is 79.9. The molecule has 0 radical (unpaired) electrons. The zero-order chi connectivity index (χ0) is 23.0. The molecule has 2 N–H and O–H groups in total. The average molecular weight is 492 g/mol. The van der Waals surface area contributed by atoms with Crippen LogP contribution in [-0.4, -0.2) is 49.6 Å². The molecule has 7 nitrogen and oxygen atoms in total. The van der Waals surface area contributed by atoms with Crippen molar-refractivity contribution in [2.75, 3.05) is 37.4 Å². The molecule has 0 aliphatic heterocycles. The third-order valence-corrected chi connectivity index (χ3v) is 5.30. The predicted molar refractivity (Wildman–Crippen MR) is 127 cm³/mol. The highest BCUT2D eigenvalue weighted by Gasteiger charge is 2.21. The van der Waals surface area contributed by atoms with E-state index in [4.69, 9.17) is 9.47 Å². The molecule has 0 fully saturated rings. The molecule has 1 unspecified atom stereocenters. The van der Waals surface area contributed by atoms with Gasteiger partial charge < -0.3 is 20.1 Å². The Kier molecular flexibility index (Phi) is 9.33. The Bertz CT molecular complexity index is 920. The number of nitrogens with one attached hydrogen (secondary N) is 2. The van der Waals surface area contributed by atoms with Gasteiger partial charge in [0, 0.05) is 16.2 Å². The van der Waals surface area contributed by atoms with Crippen LogP contribution in [0.3, 0.4) is 0 Å². The molecule has 2 aromatic rings. The number of anilines is 2. The van der Waals surface area contributed by atoms with E-state index in [0.29, 0.717) is 36.1 Å². The van der Waals surface area contributed by atoms with Crippen LogP contribution >= 0.6 is 15.9 Å². The van der Waals surface area contributed by atoms with Gasteiger partial charge in [0.15, 0.2) is 11.5 Å². The lowest BCUT2D eigenvalue weighted by molar-refractivity contribution is -0.122. The second-order valence-corrected chi connectivity index (χ2v) is 7.99. The number of hydrogen-bond donors (Lipinski definition) is 2. The second-order valence-electron chi connectivity index (χ2n) is 7.14. The molecule has 8 heteroatoms. The Morgan fingerprint density at radius 1 is 1.03 bits per heavy atom. The summed E-state index contributed by atoms with van der Waals surface area (Å²) in [6.45, 7) is 8.59. The normalized spacial score (nSPS) is 11.7. The van der Waals surface area contributed by atoms with Crippen LogP contribution in [0, 0.1) is 6.92 Å². The van der Waals surface area contributed by atoms with Gasteiger partial charge >= 0.3 is 0 Å². The maximum Gasteiger partial charge on any atom is 0.241 e. The summed E-state index contributed by atoms with van der Waals surface area (Å²) >= 11 is 3.46. The van der Waals surface area contributed by atoms with Crippen LogP contribution in [0.4, 0.5) is 11.4 Å². The molecule has 31 heavy (non-hydrogen) atoms. The van der Waals surface area contributed by atoms with E-state index in [2.05, 4.69) is 26.6 Å². The minimum atomic E-state index is -0.502. The third kappa shape index (κ3) is 7.25. The van der Waals surface area contributed by atoms with Crippen molar-refractivity contribution in [3.8, 4) is 11.5 Å². The van der Waals surface area contributed by atoms with Crippen LogP contribution in [-0.2, 0) is 9.59 Å². The number of rotatable bonds is 10. The van der Waals surface area contributed by atoms with E-state index in [1.165, 1.54) is 0 Å². The van der Waals surface area contributed by atoms with Crippen LogP contribution in [0.2, 0.25) is 0 Å². The molecule has 0 heterocycles. The fourth-order valence-electron chi connectivity index (χ4n) is 2.85. The maximum absolute atomic E-state index is 12.6. The molecule has 0 aromatic heterocycles. The van der Waals surface area contributed by atoms with Gasteiger partial charge in [0.1, 0.15) is 0 Å². The largest absolute Gasteiger partial charge is 0.490 e. The van der Waals surface area contributed by atoms with Crippen molar-refractivity contribution >= 4 is 39.1 Å². The number of carbonyl (C=O) groups is 2. The fraction of sp³-hybridized carbons (Fsp3) is 0.391. The smallest absolute Gasteiger partial charge is 0.241 e. The first-order valence-corrected chi connectivity index (χ1v) is 11.0. The van der Waals surface area contributed by atoms with Crippen molar-refractivity contribution < 1.29 is 19.1 Å². The number of halogens is 1. The summed E-state index contributed by atoms with van der Waals surface area (Å²) in [6, 6.07) is 10.5. The number of hydrogen-bond acceptors (Lipinski definition) is 5. The highest BCUT2D eigenvalue weighted by molar-refractivity contribution is 9.10. The van der Waals surface area contributed by atoms with E-state index in [-0.39, 0.29) is 18.4 Å². The van der Waals surface area contributed by atoms with Crippen molar-refractivity contribution in [2.45, 2.75) is 33.7 Å². The fourth-order valence-corrected chi connectivity index (χ4v) is 3.44. The number of likely N-dealkylation sites (N-methyl/N-ethyl adjacent to an activating group) is 1. The lowest BCUT2D eigenvalue weighted by Crippen LogP contribution is -2.43. The van der Waals surface area contributed by atoms with Gasteiger partial charge in [-0.3, -0.25) is 14.5 Å². The minimum absolute atomic E-state index is 0.0564. The molecule has 0 aliphatic rings. The third-order valence-electron chi connectivity index (χ3n) is 4.64. The van der Waals surface area contributed by atoms with E-state index in [0.717, 1.165) is 10.0 Å². The lowest BCUT2D eigenvalue weighted by atomic mass is 10.2. The van der Waals surface area contributed by atoms with Crippen molar-refractivity contribution in [3.05, 3.63) is 46.4 Å². The second kappa shape index (κ2) is 11.7. The Hall–Kier alpha value is -2.58. The molecule has 0 spiro atoms. The van der Waals surface area contributed by atoms with Gasteiger partial charge in [-0.2, -0.15) is 0 Å². The number of benzene rings is 2. The van der Waals surface area contributed by atoms with Gasteiger partial charge in [0.2, 0.25) is 11.8 Å². The Balaban J connectivity index is 1.96. The average Bonchev–Trinajstić information content (AvgIpc) is 2.71. The van der Waals surface area contributed by atoms with Crippen LogP contribution < -0.4 is 20.1 Å². The number of ether oxygens (including phenoxy) is 2. The van der Waals surface area contributed by atoms with Gasteiger partial charge in [-0.25, -0.2) is 0 Å². The zero-order valence-electron chi connectivity index (χ0n) is 18.6. The van der Waals surface area contributed by atoms with E-state index in [9.17, 15) is 9.59 Å². The summed E-state index contributed by atoms with van der Waals surface area (Å²) in [7, 11) is 1.73. The Labute approximate surface area is 192 Å². The summed E-state index contributed by atoms with van der Waals surface area (Å²) in [4.78, 5) is 26.8. The van der Waals surface area contributed by atoms with Crippen LogP contribution in [0.15, 0.2) is 40.9 Å². The number of aryl methyl sites for hydroxylation is 1. The maximum atomic E-state index is 12.6. The van der Waals surface area contributed by atoms with Crippen molar-refractivity contribution in [1.29, 1.82) is 0 Å². The lowest BCUT2D eigenvalue weighted by Gasteiger charge is -2.23. The molecule has 168 valence electrons. The summed E-state index contributed by atoms with van der Waals surface area (Å²) in [5.41, 5.74) is 2.39. The van der Waals surface area contributed by atoms with Crippen molar-refractivity contribution in [1.82, 2.24) is 4.90 Å². The monoisotopic (exact) mass is 491 g/mol. The first-order valence-electron chi connectivity index (χ1n) is 10.2. The summed E-state index contributed by atoms with van der Waals surface area (Å²) < 4.78 is 11.9. The molecular weight excluding hydrogens is 462 g/mol.